The molecule has 2 N–H and O–H groups in total. The van der Waals surface area contributed by atoms with E-state index in [0.717, 1.165) is 38.8 Å². The fourth-order valence-electron chi connectivity index (χ4n) is 3.92. The highest BCUT2D eigenvalue weighted by atomic mass is 35.5. The van der Waals surface area contributed by atoms with Crippen molar-refractivity contribution in [1.29, 1.82) is 0 Å². The van der Waals surface area contributed by atoms with Crippen LogP contribution in [0.2, 0.25) is 5.02 Å². The molecule has 0 bridgehead atoms. The number of carbonyl (C=O) groups excluding carboxylic acids is 2. The van der Waals surface area contributed by atoms with E-state index in [1.807, 2.05) is 0 Å². The Balaban J connectivity index is 1.36. The van der Waals surface area contributed by atoms with Gasteiger partial charge in [0.2, 0.25) is 5.91 Å². The van der Waals surface area contributed by atoms with Gasteiger partial charge in [0, 0.05) is 23.2 Å². The molecule has 27 heavy (non-hydrogen) atoms. The van der Waals surface area contributed by atoms with E-state index in [9.17, 15) is 14.0 Å². The maximum Gasteiger partial charge on any atom is 0.251 e. The van der Waals surface area contributed by atoms with Crippen molar-refractivity contribution in [2.75, 3.05) is 26.2 Å². The molecule has 0 radical (unpaired) electrons. The van der Waals surface area contributed by atoms with Crippen LogP contribution in [0.25, 0.3) is 0 Å². The van der Waals surface area contributed by atoms with Crippen molar-refractivity contribution < 1.29 is 14.0 Å². The molecular weight excluding hydrogens is 369 g/mol. The summed E-state index contributed by atoms with van der Waals surface area (Å²) in [4.78, 5) is 26.5. The predicted molar refractivity (Wildman–Crippen MR) is 103 cm³/mol. The van der Waals surface area contributed by atoms with E-state index >= 15 is 0 Å². The predicted octanol–water partition coefficient (Wildman–Crippen LogP) is 2.98. The van der Waals surface area contributed by atoms with Gasteiger partial charge in [-0.15, -0.1) is 0 Å². The van der Waals surface area contributed by atoms with Crippen LogP contribution in [0.5, 0.6) is 0 Å². The van der Waals surface area contributed by atoms with Crippen molar-refractivity contribution in [3.8, 4) is 0 Å². The molecule has 148 valence electrons. The molecule has 2 fully saturated rings. The lowest BCUT2D eigenvalue weighted by Crippen LogP contribution is -2.45. The first-order valence-electron chi connectivity index (χ1n) is 9.75. The summed E-state index contributed by atoms with van der Waals surface area (Å²) in [5.41, 5.74) is 0.237. The van der Waals surface area contributed by atoms with Crippen LogP contribution in [0.4, 0.5) is 4.39 Å². The van der Waals surface area contributed by atoms with Crippen LogP contribution >= 0.6 is 11.6 Å². The van der Waals surface area contributed by atoms with E-state index < -0.39 is 5.82 Å². The standard InChI is InChI=1S/C20H27ClFN3O2/c21-16-9-15(10-17(22)11-16)20(27)23-12-14-5-7-25(8-6-14)13-19(26)24-18-3-1-2-4-18/h9-11,14,18H,1-8,12-13H2,(H,23,27)(H,24,26). The van der Waals surface area contributed by atoms with Crippen LogP contribution in [0, 0.1) is 11.7 Å². The number of hydrogen-bond donors (Lipinski definition) is 2. The molecule has 2 amide bonds. The highest BCUT2D eigenvalue weighted by Crippen LogP contribution is 2.19. The molecule has 0 unspecified atom stereocenters. The van der Waals surface area contributed by atoms with E-state index in [2.05, 4.69) is 15.5 Å². The summed E-state index contributed by atoms with van der Waals surface area (Å²) in [6.07, 6.45) is 6.49. The average molecular weight is 396 g/mol. The first-order chi connectivity index (χ1) is 13.0. The second kappa shape index (κ2) is 9.51. The number of likely N-dealkylation sites (tertiary alicyclic amines) is 1. The number of hydrogen-bond acceptors (Lipinski definition) is 3. The first-order valence-corrected chi connectivity index (χ1v) is 10.1. The monoisotopic (exact) mass is 395 g/mol. The Bertz CT molecular complexity index is 651. The molecule has 1 aromatic rings. The summed E-state index contributed by atoms with van der Waals surface area (Å²) in [5.74, 6) is -0.338. The van der Waals surface area contributed by atoms with Crippen LogP contribution < -0.4 is 10.6 Å². The summed E-state index contributed by atoms with van der Waals surface area (Å²) >= 11 is 5.80. The summed E-state index contributed by atoms with van der Waals surface area (Å²) in [6, 6.07) is 4.19. The Morgan fingerprint density at radius 1 is 1.11 bits per heavy atom. The lowest BCUT2D eigenvalue weighted by molar-refractivity contribution is -0.123. The van der Waals surface area contributed by atoms with Crippen molar-refractivity contribution in [2.45, 2.75) is 44.6 Å². The molecule has 1 saturated heterocycles. The molecule has 1 heterocycles. The highest BCUT2D eigenvalue weighted by Gasteiger charge is 2.23. The molecular formula is C20H27ClFN3O2. The van der Waals surface area contributed by atoms with Gasteiger partial charge in [-0.1, -0.05) is 24.4 Å². The molecule has 3 rings (SSSR count). The normalized spacial score (nSPS) is 19.2. The van der Waals surface area contributed by atoms with Gasteiger partial charge in [-0.05, 0) is 62.9 Å². The number of piperidine rings is 1. The Labute approximate surface area is 164 Å². The minimum Gasteiger partial charge on any atom is -0.352 e. The van der Waals surface area contributed by atoms with Crippen molar-refractivity contribution in [3.05, 3.63) is 34.6 Å². The number of benzene rings is 1. The second-order valence-corrected chi connectivity index (χ2v) is 8.07. The quantitative estimate of drug-likeness (QED) is 0.778. The van der Waals surface area contributed by atoms with Gasteiger partial charge in [0.05, 0.1) is 6.54 Å². The number of carbonyl (C=O) groups is 2. The minimum atomic E-state index is -0.517. The van der Waals surface area contributed by atoms with Crippen LogP contribution in [-0.2, 0) is 4.79 Å². The van der Waals surface area contributed by atoms with Gasteiger partial charge in [0.1, 0.15) is 5.82 Å². The van der Waals surface area contributed by atoms with Crippen molar-refractivity contribution >= 4 is 23.4 Å². The van der Waals surface area contributed by atoms with Gasteiger partial charge in [0.25, 0.3) is 5.91 Å². The molecule has 5 nitrogen and oxygen atoms in total. The topological polar surface area (TPSA) is 61.4 Å². The Morgan fingerprint density at radius 2 is 1.81 bits per heavy atom. The number of nitrogens with zero attached hydrogens (tertiary/aromatic N) is 1. The van der Waals surface area contributed by atoms with Crippen LogP contribution in [-0.4, -0.2) is 48.9 Å². The number of rotatable bonds is 6. The van der Waals surface area contributed by atoms with Crippen LogP contribution in [0.3, 0.4) is 0 Å². The van der Waals surface area contributed by atoms with Crippen molar-refractivity contribution in [3.63, 3.8) is 0 Å². The van der Waals surface area contributed by atoms with Gasteiger partial charge in [-0.25, -0.2) is 4.39 Å². The van der Waals surface area contributed by atoms with Crippen molar-refractivity contribution in [1.82, 2.24) is 15.5 Å². The molecule has 0 aromatic heterocycles. The van der Waals surface area contributed by atoms with Gasteiger partial charge in [-0.2, -0.15) is 0 Å². The van der Waals surface area contributed by atoms with Crippen LogP contribution in [0.1, 0.15) is 48.9 Å². The minimum absolute atomic E-state index is 0.122. The largest absolute Gasteiger partial charge is 0.352 e. The zero-order valence-electron chi connectivity index (χ0n) is 15.5. The van der Waals surface area contributed by atoms with E-state index in [0.29, 0.717) is 25.0 Å². The average Bonchev–Trinajstić information content (AvgIpc) is 3.13. The first kappa shape index (κ1) is 20.1. The lowest BCUT2D eigenvalue weighted by Gasteiger charge is -2.31. The molecule has 1 aliphatic carbocycles. The third-order valence-electron chi connectivity index (χ3n) is 5.47. The third kappa shape index (κ3) is 6.18. The molecule has 7 heteroatoms. The van der Waals surface area contributed by atoms with E-state index in [4.69, 9.17) is 11.6 Å². The number of amides is 2. The molecule has 0 atom stereocenters. The maximum atomic E-state index is 13.4. The van der Waals surface area contributed by atoms with Crippen molar-refractivity contribution in [2.24, 2.45) is 5.92 Å². The SMILES string of the molecule is O=C(CN1CCC(CNC(=O)c2cc(F)cc(Cl)c2)CC1)NC1CCCC1. The summed E-state index contributed by atoms with van der Waals surface area (Å²) < 4.78 is 13.4. The highest BCUT2D eigenvalue weighted by molar-refractivity contribution is 6.31. The van der Waals surface area contributed by atoms with Gasteiger partial charge in [-0.3, -0.25) is 14.5 Å². The Hall–Kier alpha value is -1.66. The Kier molecular flexibility index (Phi) is 7.07. The Morgan fingerprint density at radius 3 is 2.48 bits per heavy atom. The van der Waals surface area contributed by atoms with Crippen LogP contribution in [0.15, 0.2) is 18.2 Å². The number of nitrogens with one attached hydrogen (secondary N) is 2. The molecule has 0 spiro atoms. The zero-order chi connectivity index (χ0) is 19.2. The summed E-state index contributed by atoms with van der Waals surface area (Å²) in [5, 5.41) is 6.20. The number of halogens is 2. The molecule has 1 saturated carbocycles. The summed E-state index contributed by atoms with van der Waals surface area (Å²) in [6.45, 7) is 2.71. The molecule has 2 aliphatic rings. The fraction of sp³-hybridized carbons (Fsp3) is 0.600. The summed E-state index contributed by atoms with van der Waals surface area (Å²) in [7, 11) is 0. The smallest absolute Gasteiger partial charge is 0.251 e. The van der Waals surface area contributed by atoms with E-state index in [1.165, 1.54) is 31.0 Å². The second-order valence-electron chi connectivity index (χ2n) is 7.64. The van der Waals surface area contributed by atoms with Gasteiger partial charge < -0.3 is 10.6 Å². The van der Waals surface area contributed by atoms with E-state index in [1.54, 1.807) is 0 Å². The fourth-order valence-corrected chi connectivity index (χ4v) is 4.14. The zero-order valence-corrected chi connectivity index (χ0v) is 16.2. The van der Waals surface area contributed by atoms with Gasteiger partial charge >= 0.3 is 0 Å². The maximum absolute atomic E-state index is 13.4. The lowest BCUT2D eigenvalue weighted by atomic mass is 9.96. The molecule has 1 aliphatic heterocycles. The third-order valence-corrected chi connectivity index (χ3v) is 5.69. The van der Waals surface area contributed by atoms with E-state index in [-0.39, 0.29) is 22.4 Å². The molecule has 1 aromatic carbocycles. The van der Waals surface area contributed by atoms with Gasteiger partial charge in [0.15, 0.2) is 0 Å².